The summed E-state index contributed by atoms with van der Waals surface area (Å²) in [6.07, 6.45) is 3.79. The zero-order valence-electron chi connectivity index (χ0n) is 15.2. The van der Waals surface area contributed by atoms with Gasteiger partial charge in [0.15, 0.2) is 0 Å². The van der Waals surface area contributed by atoms with Gasteiger partial charge in [0.2, 0.25) is 0 Å². The summed E-state index contributed by atoms with van der Waals surface area (Å²) in [5, 5.41) is 6.55. The number of rotatable bonds is 10. The summed E-state index contributed by atoms with van der Waals surface area (Å²) >= 11 is 0. The molecule has 0 radical (unpaired) electrons. The molecule has 2 aromatic carbocycles. The second-order valence-electron chi connectivity index (χ2n) is 6.20. The van der Waals surface area contributed by atoms with Crippen molar-refractivity contribution in [2.75, 3.05) is 23.8 Å². The van der Waals surface area contributed by atoms with Crippen molar-refractivity contribution in [1.29, 1.82) is 0 Å². The van der Waals surface area contributed by atoms with Gasteiger partial charge in [-0.3, -0.25) is 0 Å². The molecule has 0 fully saturated rings. The molecule has 2 N–H and O–H groups in total. The number of anilines is 2. The molecule has 5 heteroatoms. The normalized spacial score (nSPS) is 10.4. The van der Waals surface area contributed by atoms with E-state index in [0.717, 1.165) is 42.2 Å². The molecule has 0 saturated carbocycles. The molecule has 0 aliphatic carbocycles. The highest BCUT2D eigenvalue weighted by molar-refractivity contribution is 5.43. The fourth-order valence-corrected chi connectivity index (χ4v) is 2.58. The van der Waals surface area contributed by atoms with Crippen LogP contribution < -0.4 is 15.4 Å². The number of nitrogens with zero attached hydrogens (tertiary/aromatic N) is 1. The molecule has 4 nitrogen and oxygen atoms in total. The number of hydrogen-bond donors (Lipinski definition) is 2. The Balaban J connectivity index is 1.31. The Morgan fingerprint density at radius 1 is 0.852 bits per heavy atom. The Kier molecular flexibility index (Phi) is 7.04. The molecule has 0 unspecified atom stereocenters. The maximum Gasteiger partial charge on any atom is 0.125 e. The number of ether oxygens (including phenoxy) is 1. The summed E-state index contributed by atoms with van der Waals surface area (Å²) in [5.41, 5.74) is 2.04. The van der Waals surface area contributed by atoms with Crippen LogP contribution in [0.2, 0.25) is 0 Å². The van der Waals surface area contributed by atoms with Gasteiger partial charge in [0.1, 0.15) is 17.4 Å². The second-order valence-corrected chi connectivity index (χ2v) is 6.20. The van der Waals surface area contributed by atoms with Gasteiger partial charge in [0, 0.05) is 25.0 Å². The van der Waals surface area contributed by atoms with Crippen LogP contribution in [0.1, 0.15) is 18.4 Å². The first-order chi connectivity index (χ1) is 13.3. The van der Waals surface area contributed by atoms with Crippen molar-refractivity contribution in [3.63, 3.8) is 0 Å². The summed E-state index contributed by atoms with van der Waals surface area (Å²) in [7, 11) is 0. The zero-order valence-corrected chi connectivity index (χ0v) is 15.2. The standard InChI is InChI=1S/C22H24FN3O/c23-19-8-10-20(11-9-19)26-17-18-6-12-21(13-7-18)27-16-4-3-15-25-22-5-1-2-14-24-22/h1-2,5-14,26H,3-4,15-17H2,(H,24,25). The molecular formula is C22H24FN3O. The third-order valence-corrected chi connectivity index (χ3v) is 4.08. The van der Waals surface area contributed by atoms with Crippen molar-refractivity contribution in [1.82, 2.24) is 4.98 Å². The lowest BCUT2D eigenvalue weighted by Gasteiger charge is -2.09. The molecule has 0 aliphatic rings. The smallest absolute Gasteiger partial charge is 0.125 e. The first-order valence-electron chi connectivity index (χ1n) is 9.16. The monoisotopic (exact) mass is 365 g/mol. The maximum atomic E-state index is 12.9. The van der Waals surface area contributed by atoms with E-state index in [4.69, 9.17) is 4.74 Å². The quantitative estimate of drug-likeness (QED) is 0.491. The third kappa shape index (κ3) is 6.62. The van der Waals surface area contributed by atoms with Crippen LogP contribution in [0.4, 0.5) is 15.9 Å². The first kappa shape index (κ1) is 18.7. The van der Waals surface area contributed by atoms with E-state index in [-0.39, 0.29) is 5.82 Å². The van der Waals surface area contributed by atoms with Crippen LogP contribution >= 0.6 is 0 Å². The lowest BCUT2D eigenvalue weighted by atomic mass is 10.2. The number of halogens is 1. The Morgan fingerprint density at radius 2 is 1.67 bits per heavy atom. The second kappa shape index (κ2) is 10.2. The summed E-state index contributed by atoms with van der Waals surface area (Å²) in [6.45, 7) is 2.26. The van der Waals surface area contributed by atoms with Gasteiger partial charge in [-0.2, -0.15) is 0 Å². The Labute approximate surface area is 159 Å². The molecule has 1 heterocycles. The van der Waals surface area contributed by atoms with Crippen LogP contribution in [0.3, 0.4) is 0 Å². The molecule has 0 amide bonds. The van der Waals surface area contributed by atoms with E-state index < -0.39 is 0 Å². The topological polar surface area (TPSA) is 46.2 Å². The van der Waals surface area contributed by atoms with Gasteiger partial charge in [0.25, 0.3) is 0 Å². The van der Waals surface area contributed by atoms with Crippen molar-refractivity contribution in [2.45, 2.75) is 19.4 Å². The number of nitrogens with one attached hydrogen (secondary N) is 2. The highest BCUT2D eigenvalue weighted by Gasteiger charge is 1.98. The molecule has 3 aromatic rings. The highest BCUT2D eigenvalue weighted by atomic mass is 19.1. The van der Waals surface area contributed by atoms with Gasteiger partial charge >= 0.3 is 0 Å². The molecular weight excluding hydrogens is 341 g/mol. The summed E-state index contributed by atoms with van der Waals surface area (Å²) in [6, 6.07) is 20.2. The van der Waals surface area contributed by atoms with E-state index in [1.54, 1.807) is 18.3 Å². The number of aromatic nitrogens is 1. The zero-order chi connectivity index (χ0) is 18.7. The predicted molar refractivity (Wildman–Crippen MR) is 108 cm³/mol. The lowest BCUT2D eigenvalue weighted by Crippen LogP contribution is -2.05. The summed E-state index contributed by atoms with van der Waals surface area (Å²) in [5.74, 6) is 1.55. The molecule has 0 aliphatic heterocycles. The highest BCUT2D eigenvalue weighted by Crippen LogP contribution is 2.15. The minimum Gasteiger partial charge on any atom is -0.494 e. The number of benzene rings is 2. The van der Waals surface area contributed by atoms with Crippen LogP contribution in [0.15, 0.2) is 72.9 Å². The SMILES string of the molecule is Fc1ccc(NCc2ccc(OCCCCNc3ccccn3)cc2)cc1. The van der Waals surface area contributed by atoms with E-state index >= 15 is 0 Å². The first-order valence-corrected chi connectivity index (χ1v) is 9.16. The Hall–Kier alpha value is -3.08. The molecule has 0 bridgehead atoms. The molecule has 0 saturated heterocycles. The predicted octanol–water partition coefficient (Wildman–Crippen LogP) is 5.10. The van der Waals surface area contributed by atoms with Crippen molar-refractivity contribution in [3.8, 4) is 5.75 Å². The number of pyridine rings is 1. The van der Waals surface area contributed by atoms with E-state index in [0.29, 0.717) is 13.2 Å². The third-order valence-electron chi connectivity index (χ3n) is 4.08. The Bertz CT molecular complexity index is 792. The molecule has 27 heavy (non-hydrogen) atoms. The van der Waals surface area contributed by atoms with Gasteiger partial charge in [-0.15, -0.1) is 0 Å². The van der Waals surface area contributed by atoms with Crippen LogP contribution in [0.5, 0.6) is 5.75 Å². The van der Waals surface area contributed by atoms with Crippen molar-refractivity contribution in [2.24, 2.45) is 0 Å². The number of unbranched alkanes of at least 4 members (excludes halogenated alkanes) is 1. The van der Waals surface area contributed by atoms with Crippen LogP contribution in [-0.4, -0.2) is 18.1 Å². The average molecular weight is 365 g/mol. The fourth-order valence-electron chi connectivity index (χ4n) is 2.58. The van der Waals surface area contributed by atoms with Gasteiger partial charge in [-0.1, -0.05) is 18.2 Å². The maximum absolute atomic E-state index is 12.9. The van der Waals surface area contributed by atoms with E-state index in [9.17, 15) is 4.39 Å². The van der Waals surface area contributed by atoms with E-state index in [1.807, 2.05) is 42.5 Å². The molecule has 0 spiro atoms. The number of hydrogen-bond acceptors (Lipinski definition) is 4. The summed E-state index contributed by atoms with van der Waals surface area (Å²) in [4.78, 5) is 4.23. The molecule has 1 aromatic heterocycles. The van der Waals surface area contributed by atoms with Gasteiger partial charge in [0.05, 0.1) is 6.61 Å². The molecule has 140 valence electrons. The largest absolute Gasteiger partial charge is 0.494 e. The van der Waals surface area contributed by atoms with Crippen molar-refractivity contribution in [3.05, 3.63) is 84.3 Å². The van der Waals surface area contributed by atoms with Crippen LogP contribution in [0.25, 0.3) is 0 Å². The van der Waals surface area contributed by atoms with Crippen molar-refractivity contribution >= 4 is 11.5 Å². The van der Waals surface area contributed by atoms with E-state index in [2.05, 4.69) is 15.6 Å². The minimum absolute atomic E-state index is 0.227. The van der Waals surface area contributed by atoms with Crippen LogP contribution in [-0.2, 0) is 6.54 Å². The fraction of sp³-hybridized carbons (Fsp3) is 0.227. The molecule has 0 atom stereocenters. The summed E-state index contributed by atoms with van der Waals surface area (Å²) < 4.78 is 18.7. The van der Waals surface area contributed by atoms with Crippen LogP contribution in [0, 0.1) is 5.82 Å². The average Bonchev–Trinajstić information content (AvgIpc) is 2.72. The van der Waals surface area contributed by atoms with Gasteiger partial charge in [-0.25, -0.2) is 9.37 Å². The van der Waals surface area contributed by atoms with E-state index in [1.165, 1.54) is 12.1 Å². The minimum atomic E-state index is -0.227. The Morgan fingerprint density at radius 3 is 2.41 bits per heavy atom. The lowest BCUT2D eigenvalue weighted by molar-refractivity contribution is 0.308. The molecule has 3 rings (SSSR count). The van der Waals surface area contributed by atoms with Crippen molar-refractivity contribution < 1.29 is 9.13 Å². The van der Waals surface area contributed by atoms with Gasteiger partial charge in [-0.05, 0) is 66.9 Å². The van der Waals surface area contributed by atoms with Gasteiger partial charge < -0.3 is 15.4 Å².